The molecule has 0 atom stereocenters. The van der Waals surface area contributed by atoms with Gasteiger partial charge in [0.2, 0.25) is 15.0 Å². The highest BCUT2D eigenvalue weighted by atomic mass is 32.2. The van der Waals surface area contributed by atoms with Crippen LogP contribution in [0.25, 0.3) is 0 Å². The molecule has 0 unspecified atom stereocenters. The van der Waals surface area contributed by atoms with E-state index in [9.17, 15) is 8.42 Å². The predicted octanol–water partition coefficient (Wildman–Crippen LogP) is 0.323. The zero-order chi connectivity index (χ0) is 10.6. The molecular weight excluding hydrogens is 204 g/mol. The molecule has 1 aromatic heterocycles. The molecule has 0 saturated carbocycles. The summed E-state index contributed by atoms with van der Waals surface area (Å²) in [6, 6.07) is 0. The van der Waals surface area contributed by atoms with Crippen LogP contribution in [0.15, 0.2) is 17.6 Å². The Balaban J connectivity index is 2.74. The van der Waals surface area contributed by atoms with Gasteiger partial charge in [0.05, 0.1) is 0 Å². The van der Waals surface area contributed by atoms with Crippen LogP contribution in [-0.2, 0) is 21.1 Å². The van der Waals surface area contributed by atoms with E-state index in [1.165, 1.54) is 6.20 Å². The minimum absolute atomic E-state index is 0.119. The van der Waals surface area contributed by atoms with Crippen LogP contribution in [0.1, 0.15) is 6.42 Å². The lowest BCUT2D eigenvalue weighted by molar-refractivity contribution is 0.189. The molecule has 80 valence electrons. The molecular formula is C8H14N2O3S. The maximum absolute atomic E-state index is 11.2. The number of hydrogen-bond donors (Lipinski definition) is 0. The third-order valence-electron chi connectivity index (χ3n) is 1.76. The van der Waals surface area contributed by atoms with Crippen LogP contribution in [0.4, 0.5) is 0 Å². The summed E-state index contributed by atoms with van der Waals surface area (Å²) >= 11 is 0. The van der Waals surface area contributed by atoms with Crippen molar-refractivity contribution < 1.29 is 13.2 Å². The molecule has 0 saturated heterocycles. The minimum Gasteiger partial charge on any atom is -0.385 e. The Kier molecular flexibility index (Phi) is 3.65. The van der Waals surface area contributed by atoms with Gasteiger partial charge in [0.25, 0.3) is 0 Å². The van der Waals surface area contributed by atoms with Crippen LogP contribution >= 0.6 is 0 Å². The van der Waals surface area contributed by atoms with E-state index < -0.39 is 9.84 Å². The molecule has 0 amide bonds. The molecule has 0 bridgehead atoms. The molecule has 0 fully saturated rings. The van der Waals surface area contributed by atoms with Gasteiger partial charge in [-0.15, -0.1) is 0 Å². The summed E-state index contributed by atoms with van der Waals surface area (Å²) < 4.78 is 29.0. The lowest BCUT2D eigenvalue weighted by atomic mass is 10.4. The molecule has 0 radical (unpaired) electrons. The van der Waals surface area contributed by atoms with Gasteiger partial charge in [0.15, 0.2) is 0 Å². The first kappa shape index (κ1) is 11.2. The van der Waals surface area contributed by atoms with Gasteiger partial charge in [-0.1, -0.05) is 0 Å². The third kappa shape index (κ3) is 2.81. The lowest BCUT2D eigenvalue weighted by Gasteiger charge is -2.05. The van der Waals surface area contributed by atoms with Crippen LogP contribution in [0.5, 0.6) is 0 Å². The number of ether oxygens (including phenoxy) is 1. The van der Waals surface area contributed by atoms with Crippen molar-refractivity contribution in [1.82, 2.24) is 9.55 Å². The zero-order valence-corrected chi connectivity index (χ0v) is 9.12. The smallest absolute Gasteiger partial charge is 0.227 e. The average molecular weight is 218 g/mol. The van der Waals surface area contributed by atoms with Gasteiger partial charge < -0.3 is 9.30 Å². The van der Waals surface area contributed by atoms with Crippen LogP contribution in [0.2, 0.25) is 0 Å². The van der Waals surface area contributed by atoms with Crippen molar-refractivity contribution in [1.29, 1.82) is 0 Å². The van der Waals surface area contributed by atoms with Crippen molar-refractivity contribution in [3.05, 3.63) is 12.4 Å². The van der Waals surface area contributed by atoms with E-state index in [-0.39, 0.29) is 5.16 Å². The summed E-state index contributed by atoms with van der Waals surface area (Å²) in [5.74, 6) is 0. The maximum atomic E-state index is 11.2. The number of aryl methyl sites for hydroxylation is 1. The Hall–Kier alpha value is -0.880. The van der Waals surface area contributed by atoms with Crippen LogP contribution in [0, 0.1) is 0 Å². The molecule has 0 aliphatic heterocycles. The van der Waals surface area contributed by atoms with Crippen LogP contribution in [-0.4, -0.2) is 37.9 Å². The van der Waals surface area contributed by atoms with E-state index in [1.54, 1.807) is 17.9 Å². The number of rotatable bonds is 5. The fourth-order valence-corrected chi connectivity index (χ4v) is 2.00. The van der Waals surface area contributed by atoms with Crippen molar-refractivity contribution in [2.45, 2.75) is 18.1 Å². The van der Waals surface area contributed by atoms with E-state index in [4.69, 9.17) is 4.74 Å². The second kappa shape index (κ2) is 4.56. The van der Waals surface area contributed by atoms with Gasteiger partial charge in [-0.2, -0.15) is 0 Å². The SMILES string of the molecule is COCCCn1ccnc1S(C)(=O)=O. The summed E-state index contributed by atoms with van der Waals surface area (Å²) in [4.78, 5) is 3.80. The average Bonchev–Trinajstić information content (AvgIpc) is 2.52. The summed E-state index contributed by atoms with van der Waals surface area (Å²) in [7, 11) is -1.60. The van der Waals surface area contributed by atoms with E-state index in [0.29, 0.717) is 13.2 Å². The molecule has 0 spiro atoms. The van der Waals surface area contributed by atoms with Crippen LogP contribution in [0.3, 0.4) is 0 Å². The summed E-state index contributed by atoms with van der Waals surface area (Å²) in [5.41, 5.74) is 0. The predicted molar refractivity (Wildman–Crippen MR) is 51.8 cm³/mol. The van der Waals surface area contributed by atoms with Gasteiger partial charge >= 0.3 is 0 Å². The van der Waals surface area contributed by atoms with Crippen molar-refractivity contribution in [2.75, 3.05) is 20.0 Å². The zero-order valence-electron chi connectivity index (χ0n) is 8.30. The first-order chi connectivity index (χ1) is 6.55. The maximum Gasteiger partial charge on any atom is 0.227 e. The van der Waals surface area contributed by atoms with Gasteiger partial charge in [-0.05, 0) is 6.42 Å². The van der Waals surface area contributed by atoms with Gasteiger partial charge in [-0.3, -0.25) is 0 Å². The number of imidazole rings is 1. The Morgan fingerprint density at radius 3 is 2.86 bits per heavy atom. The first-order valence-electron chi connectivity index (χ1n) is 4.26. The van der Waals surface area contributed by atoms with E-state index >= 15 is 0 Å². The molecule has 6 heteroatoms. The number of hydrogen-bond acceptors (Lipinski definition) is 4. The quantitative estimate of drug-likeness (QED) is 0.668. The van der Waals surface area contributed by atoms with E-state index in [2.05, 4.69) is 4.98 Å². The Morgan fingerprint density at radius 2 is 2.29 bits per heavy atom. The molecule has 1 rings (SSSR count). The normalized spacial score (nSPS) is 11.9. The van der Waals surface area contributed by atoms with Gasteiger partial charge in [0, 0.05) is 38.9 Å². The summed E-state index contributed by atoms with van der Waals surface area (Å²) in [6.07, 6.45) is 5.08. The van der Waals surface area contributed by atoms with Crippen molar-refractivity contribution in [2.24, 2.45) is 0 Å². The highest BCUT2D eigenvalue weighted by Crippen LogP contribution is 2.06. The highest BCUT2D eigenvalue weighted by molar-refractivity contribution is 7.90. The monoisotopic (exact) mass is 218 g/mol. The fraction of sp³-hybridized carbons (Fsp3) is 0.625. The Bertz CT molecular complexity index is 383. The molecule has 0 aliphatic carbocycles. The molecule has 5 nitrogen and oxygen atoms in total. The van der Waals surface area contributed by atoms with Gasteiger partial charge in [-0.25, -0.2) is 13.4 Å². The van der Waals surface area contributed by atoms with E-state index in [0.717, 1.165) is 12.7 Å². The number of sulfone groups is 1. The summed E-state index contributed by atoms with van der Waals surface area (Å²) in [5, 5.41) is 0.119. The standard InChI is InChI=1S/C8H14N2O3S/c1-13-7-3-5-10-6-4-9-8(10)14(2,11)12/h4,6H,3,5,7H2,1-2H3. The molecule has 0 aromatic carbocycles. The number of methoxy groups -OCH3 is 1. The molecule has 1 aromatic rings. The summed E-state index contributed by atoms with van der Waals surface area (Å²) in [6.45, 7) is 1.22. The lowest BCUT2D eigenvalue weighted by Crippen LogP contribution is -2.10. The highest BCUT2D eigenvalue weighted by Gasteiger charge is 2.13. The Morgan fingerprint density at radius 1 is 1.57 bits per heavy atom. The van der Waals surface area contributed by atoms with Crippen molar-refractivity contribution in [3.63, 3.8) is 0 Å². The first-order valence-corrected chi connectivity index (χ1v) is 6.15. The third-order valence-corrected chi connectivity index (χ3v) is 2.76. The van der Waals surface area contributed by atoms with E-state index in [1.807, 2.05) is 0 Å². The Labute approximate surface area is 83.6 Å². The van der Waals surface area contributed by atoms with Crippen LogP contribution < -0.4 is 0 Å². The van der Waals surface area contributed by atoms with Crippen molar-refractivity contribution in [3.8, 4) is 0 Å². The van der Waals surface area contributed by atoms with Crippen molar-refractivity contribution >= 4 is 9.84 Å². The molecule has 14 heavy (non-hydrogen) atoms. The number of nitrogens with zero attached hydrogens (tertiary/aromatic N) is 2. The minimum atomic E-state index is -3.22. The number of aromatic nitrogens is 2. The largest absolute Gasteiger partial charge is 0.385 e. The molecule has 1 heterocycles. The second-order valence-corrected chi connectivity index (χ2v) is 4.93. The molecule has 0 N–H and O–H groups in total. The fourth-order valence-electron chi connectivity index (χ4n) is 1.17. The second-order valence-electron chi connectivity index (χ2n) is 3.02. The molecule has 0 aliphatic rings. The topological polar surface area (TPSA) is 61.2 Å². The van der Waals surface area contributed by atoms with Gasteiger partial charge in [0.1, 0.15) is 0 Å².